The van der Waals surface area contributed by atoms with Crippen LogP contribution in [0.3, 0.4) is 0 Å². The number of amides is 3. The molecule has 0 spiro atoms. The predicted molar refractivity (Wildman–Crippen MR) is 221 cm³/mol. The maximum Gasteiger partial charge on any atom is 0.435 e. The number of alkyl carbamates (subject to hydrolysis) is 2. The summed E-state index contributed by atoms with van der Waals surface area (Å²) < 4.78 is 39.9. The Morgan fingerprint density at radius 3 is 1.41 bits per heavy atom. The number of halogens is 2. The average Bonchev–Trinajstić information content (AvgIpc) is 2.96. The van der Waals surface area contributed by atoms with Gasteiger partial charge in [-0.25, -0.2) is 22.8 Å². The molecule has 16 nitrogen and oxygen atoms in total. The van der Waals surface area contributed by atoms with Gasteiger partial charge in [0.15, 0.2) is 0 Å². The fourth-order valence-corrected chi connectivity index (χ4v) is 3.74. The lowest BCUT2D eigenvalue weighted by Crippen LogP contribution is -2.37. The van der Waals surface area contributed by atoms with Crippen LogP contribution in [0.1, 0.15) is 129 Å². The Kier molecular flexibility index (Phi) is 39.7. The van der Waals surface area contributed by atoms with Crippen molar-refractivity contribution >= 4 is 63.2 Å². The first-order valence-electron chi connectivity index (χ1n) is 17.9. The van der Waals surface area contributed by atoms with Crippen LogP contribution >= 0.6 is 23.2 Å². The summed E-state index contributed by atoms with van der Waals surface area (Å²) in [5.74, 6) is 0.179. The number of unbranched alkanes of at least 4 members (excludes halogenated alkanes) is 3. The minimum atomic E-state index is -3.49. The number of hydrogen-bond acceptors (Lipinski definition) is 12. The number of carbonyl (C=O) groups excluding carboxylic acids is 3. The van der Waals surface area contributed by atoms with E-state index in [1.54, 1.807) is 62.3 Å². The number of nitrogens with one attached hydrogen (secondary N) is 2. The van der Waals surface area contributed by atoms with Crippen LogP contribution in [0, 0.1) is 0 Å². The normalized spacial score (nSPS) is 11.9. The lowest BCUT2D eigenvalue weighted by molar-refractivity contribution is 0.0547. The minimum absolute atomic E-state index is 0.0215. The van der Waals surface area contributed by atoms with Gasteiger partial charge in [-0.15, -0.1) is 23.2 Å². The van der Waals surface area contributed by atoms with Crippen molar-refractivity contribution in [3.8, 4) is 0 Å². The topological polar surface area (TPSA) is 232 Å². The summed E-state index contributed by atoms with van der Waals surface area (Å²) in [5.41, 5.74) is 3.17. The van der Waals surface area contributed by atoms with Crippen LogP contribution in [-0.2, 0) is 24.2 Å². The Hall–Kier alpha value is -2.28. The van der Waals surface area contributed by atoms with E-state index in [9.17, 15) is 22.8 Å². The molecule has 0 aliphatic carbocycles. The summed E-state index contributed by atoms with van der Waals surface area (Å²) >= 11 is 9.53. The zero-order valence-electron chi connectivity index (χ0n) is 35.4. The van der Waals surface area contributed by atoms with Crippen LogP contribution in [0.2, 0.25) is 0 Å². The molecule has 0 aliphatic rings. The predicted octanol–water partition coefficient (Wildman–Crippen LogP) is 6.77. The monoisotopic (exact) mass is 840 g/mol. The largest absolute Gasteiger partial charge is 0.444 e. The number of aliphatic hydroxyl groups excluding tert-OH is 2. The molecule has 3 amide bonds. The SMILES string of the molecule is CC(=NS(C)(=O)=O)NC(=O)OC(C)(C)C.CC(C)(C)OC(=O)N=C(CCCCCO)NC(=O)OC(C)(C)C.CCN(CC)CC.ClCCl.NCCCCO. The van der Waals surface area contributed by atoms with E-state index in [0.717, 1.165) is 25.5 Å². The number of hydrogen-bond donors (Lipinski definition) is 5. The third-order valence-electron chi connectivity index (χ3n) is 5.28. The highest BCUT2D eigenvalue weighted by Gasteiger charge is 2.20. The summed E-state index contributed by atoms with van der Waals surface area (Å²) in [6, 6.07) is 0. The number of rotatable bonds is 12. The second-order valence-corrected chi connectivity index (χ2v) is 16.6. The Bertz CT molecular complexity index is 1130. The second-order valence-electron chi connectivity index (χ2n) is 14.2. The number of alkyl halides is 2. The number of sulfonamides is 1. The lowest BCUT2D eigenvalue weighted by Gasteiger charge is -2.20. The van der Waals surface area contributed by atoms with Gasteiger partial charge in [-0.1, -0.05) is 27.2 Å². The Morgan fingerprint density at radius 1 is 0.722 bits per heavy atom. The molecule has 0 saturated heterocycles. The van der Waals surface area contributed by atoms with E-state index in [1.807, 2.05) is 0 Å². The smallest absolute Gasteiger partial charge is 0.435 e. The highest BCUT2D eigenvalue weighted by molar-refractivity contribution is 7.89. The number of nitrogens with zero attached hydrogens (tertiary/aromatic N) is 3. The van der Waals surface area contributed by atoms with Gasteiger partial charge in [0.05, 0.1) is 11.6 Å². The molecule has 0 radical (unpaired) electrons. The number of nitrogens with two attached hydrogens (primary N) is 1. The second kappa shape index (κ2) is 35.2. The first kappa shape index (κ1) is 61.0. The third kappa shape index (κ3) is 59.0. The molecule has 19 heteroatoms. The molecule has 54 heavy (non-hydrogen) atoms. The van der Waals surface area contributed by atoms with E-state index in [2.05, 4.69) is 45.7 Å². The first-order chi connectivity index (χ1) is 24.6. The van der Waals surface area contributed by atoms with Gasteiger partial charge in [0.1, 0.15) is 28.5 Å². The fraction of sp³-hybridized carbons (Fsp3) is 0.857. The van der Waals surface area contributed by atoms with Crippen molar-refractivity contribution in [3.05, 3.63) is 0 Å². The van der Waals surface area contributed by atoms with Gasteiger partial charge in [0.25, 0.3) is 10.0 Å². The molecule has 0 bridgehead atoms. The van der Waals surface area contributed by atoms with Gasteiger partial charge < -0.3 is 35.1 Å². The van der Waals surface area contributed by atoms with Gasteiger partial charge in [0, 0.05) is 19.6 Å². The molecule has 0 aromatic rings. The highest BCUT2D eigenvalue weighted by atomic mass is 35.5. The molecule has 0 rings (SSSR count). The average molecular weight is 842 g/mol. The molecule has 0 atom stereocenters. The molecule has 0 aliphatic heterocycles. The maximum atomic E-state index is 11.8. The van der Waals surface area contributed by atoms with E-state index >= 15 is 0 Å². The molecule has 0 saturated carbocycles. The van der Waals surface area contributed by atoms with Gasteiger partial charge in [-0.05, 0) is 121 Å². The van der Waals surface area contributed by atoms with Gasteiger partial charge in [0.2, 0.25) is 0 Å². The minimum Gasteiger partial charge on any atom is -0.444 e. The Labute approximate surface area is 336 Å². The molecule has 0 aromatic heterocycles. The summed E-state index contributed by atoms with van der Waals surface area (Å²) in [5, 5.41) is 21.8. The van der Waals surface area contributed by atoms with Crippen LogP contribution in [0.5, 0.6) is 0 Å². The summed E-state index contributed by atoms with van der Waals surface area (Å²) in [6.07, 6.45) is 3.06. The standard InChI is InChI=1S/C16H30N2O5.C8H16N2O4S.C6H15N.C4H11NO.CH2Cl2/c1-15(2,3)22-13(20)17-12(10-8-7-9-11-19)18-14(21)23-16(4,5)6;1-6(10-15(5,12)13)9-7(11)14-8(2,3)4;1-4-7(5-2)6-3;5-3-1-2-4-6;2-1-3/h19H,7-11H2,1-6H3,(H,17,18,20,21);1-5H3,(H,9,10,11);4-6H2,1-3H3;6H,1-5H2;1H2. The first-order valence-corrected chi connectivity index (χ1v) is 20.8. The zero-order valence-corrected chi connectivity index (χ0v) is 37.8. The van der Waals surface area contributed by atoms with Crippen LogP contribution in [0.4, 0.5) is 14.4 Å². The van der Waals surface area contributed by atoms with Crippen LogP contribution < -0.4 is 16.4 Å². The number of amidine groups is 2. The fourth-order valence-electron chi connectivity index (χ4n) is 3.19. The quantitative estimate of drug-likeness (QED) is 0.0450. The molecule has 0 heterocycles. The van der Waals surface area contributed by atoms with E-state index in [-0.39, 0.29) is 30.2 Å². The van der Waals surface area contributed by atoms with Crippen LogP contribution in [0.15, 0.2) is 9.39 Å². The zero-order chi connectivity index (χ0) is 43.6. The van der Waals surface area contributed by atoms with E-state index in [4.69, 9.17) is 53.4 Å². The van der Waals surface area contributed by atoms with Gasteiger partial charge >= 0.3 is 18.3 Å². The van der Waals surface area contributed by atoms with E-state index < -0.39 is 45.1 Å². The van der Waals surface area contributed by atoms with Crippen molar-refractivity contribution in [2.24, 2.45) is 15.1 Å². The highest BCUT2D eigenvalue weighted by Crippen LogP contribution is 2.10. The van der Waals surface area contributed by atoms with Crippen molar-refractivity contribution < 1.29 is 47.2 Å². The Balaban J connectivity index is -0.000000219. The van der Waals surface area contributed by atoms with Gasteiger partial charge in [-0.2, -0.15) is 9.39 Å². The lowest BCUT2D eigenvalue weighted by atomic mass is 10.2. The molecule has 324 valence electrons. The molecule has 0 fully saturated rings. The van der Waals surface area contributed by atoms with Crippen molar-refractivity contribution in [2.75, 3.05) is 51.0 Å². The number of aliphatic imine (C=N–C) groups is 1. The van der Waals surface area contributed by atoms with Crippen molar-refractivity contribution in [2.45, 2.75) is 145 Å². The van der Waals surface area contributed by atoms with Crippen molar-refractivity contribution in [1.29, 1.82) is 0 Å². The van der Waals surface area contributed by atoms with Crippen LogP contribution in [-0.4, -0.2) is 121 Å². The number of carbonyl (C=O) groups is 3. The van der Waals surface area contributed by atoms with E-state index in [0.29, 0.717) is 25.8 Å². The summed E-state index contributed by atoms with van der Waals surface area (Å²) in [4.78, 5) is 40.9. The third-order valence-corrected chi connectivity index (χ3v) is 5.88. The molecule has 6 N–H and O–H groups in total. The number of ether oxygens (including phenoxy) is 3. The molecule has 0 unspecified atom stereocenters. The number of aliphatic hydroxyl groups is 2. The van der Waals surface area contributed by atoms with Crippen molar-refractivity contribution in [1.82, 2.24) is 15.5 Å². The molecule has 0 aromatic carbocycles. The summed E-state index contributed by atoms with van der Waals surface area (Å²) in [6.45, 7) is 28.1. The van der Waals surface area contributed by atoms with Crippen molar-refractivity contribution in [3.63, 3.8) is 0 Å². The molecular formula is C35H74Cl2N6O10S. The van der Waals surface area contributed by atoms with E-state index in [1.165, 1.54) is 26.6 Å². The summed E-state index contributed by atoms with van der Waals surface area (Å²) in [7, 11) is -3.49. The Morgan fingerprint density at radius 2 is 1.11 bits per heavy atom. The van der Waals surface area contributed by atoms with Gasteiger partial charge in [-0.3, -0.25) is 10.6 Å². The molecular weight excluding hydrogens is 767 g/mol. The maximum absolute atomic E-state index is 11.8. The van der Waals surface area contributed by atoms with Crippen LogP contribution in [0.25, 0.3) is 0 Å².